The average Bonchev–Trinajstić information content (AvgIpc) is 2.03. The van der Waals surface area contributed by atoms with Crippen LogP contribution < -0.4 is 0 Å². The number of nitrogens with zero attached hydrogens (tertiary/aromatic N) is 2. The summed E-state index contributed by atoms with van der Waals surface area (Å²) >= 11 is 0. The second-order valence-electron chi connectivity index (χ2n) is 3.78. The number of piperazine rings is 1. The van der Waals surface area contributed by atoms with Crippen LogP contribution >= 0.6 is 0 Å². The minimum absolute atomic E-state index is 0.0234. The first-order valence-electron chi connectivity index (χ1n) is 4.74. The summed E-state index contributed by atoms with van der Waals surface area (Å²) in [6.45, 7) is -2.00. The maximum Gasteiger partial charge on any atom is 0.401 e. The van der Waals surface area contributed by atoms with Crippen molar-refractivity contribution in [3.05, 3.63) is 0 Å². The monoisotopic (exact) mass is 250 g/mol. The van der Waals surface area contributed by atoms with Gasteiger partial charge in [-0.3, -0.25) is 9.80 Å². The van der Waals surface area contributed by atoms with Crippen LogP contribution in [-0.4, -0.2) is 61.4 Å². The van der Waals surface area contributed by atoms with Crippen LogP contribution in [0.4, 0.5) is 26.3 Å². The minimum atomic E-state index is -4.29. The molecule has 0 amide bonds. The van der Waals surface area contributed by atoms with E-state index in [9.17, 15) is 26.3 Å². The van der Waals surface area contributed by atoms with E-state index in [4.69, 9.17) is 0 Å². The van der Waals surface area contributed by atoms with Crippen LogP contribution in [-0.2, 0) is 0 Å². The van der Waals surface area contributed by atoms with Gasteiger partial charge in [-0.05, 0) is 0 Å². The highest BCUT2D eigenvalue weighted by Gasteiger charge is 2.35. The highest BCUT2D eigenvalue weighted by atomic mass is 19.4. The Kier molecular flexibility index (Phi) is 4.06. The molecule has 0 aliphatic carbocycles. The van der Waals surface area contributed by atoms with Crippen molar-refractivity contribution in [3.63, 3.8) is 0 Å². The Morgan fingerprint density at radius 2 is 0.875 bits per heavy atom. The third-order valence-corrected chi connectivity index (χ3v) is 2.27. The molecule has 16 heavy (non-hydrogen) atoms. The van der Waals surface area contributed by atoms with Crippen LogP contribution in [0.15, 0.2) is 0 Å². The maximum atomic E-state index is 12.0. The Morgan fingerprint density at radius 3 is 1.06 bits per heavy atom. The van der Waals surface area contributed by atoms with Crippen LogP contribution in [0.5, 0.6) is 0 Å². The summed E-state index contributed by atoms with van der Waals surface area (Å²) in [5, 5.41) is 0. The molecule has 0 aromatic carbocycles. The van der Waals surface area contributed by atoms with Gasteiger partial charge >= 0.3 is 12.4 Å². The van der Waals surface area contributed by atoms with E-state index in [1.54, 1.807) is 0 Å². The summed E-state index contributed by atoms with van der Waals surface area (Å²) in [5.74, 6) is 0. The number of hydrogen-bond donors (Lipinski definition) is 0. The normalized spacial score (nSPS) is 21.4. The second kappa shape index (κ2) is 4.79. The minimum Gasteiger partial charge on any atom is -0.292 e. The molecule has 0 spiro atoms. The Bertz CT molecular complexity index is 192. The standard InChI is InChI=1S/C8H12F6N2/c9-7(10,11)5-15-1-2-16(4-3-15)6-8(12,13)14/h1-6H2. The van der Waals surface area contributed by atoms with Gasteiger partial charge in [0.2, 0.25) is 0 Å². The Balaban J connectivity index is 2.29. The van der Waals surface area contributed by atoms with Crippen molar-refractivity contribution in [2.75, 3.05) is 39.3 Å². The van der Waals surface area contributed by atoms with Crippen molar-refractivity contribution >= 4 is 0 Å². The van der Waals surface area contributed by atoms with Gasteiger partial charge in [0, 0.05) is 26.2 Å². The lowest BCUT2D eigenvalue weighted by Crippen LogP contribution is -2.51. The third-order valence-electron chi connectivity index (χ3n) is 2.27. The van der Waals surface area contributed by atoms with Crippen molar-refractivity contribution < 1.29 is 26.3 Å². The highest BCUT2D eigenvalue weighted by Crippen LogP contribution is 2.20. The zero-order chi connectivity index (χ0) is 12.4. The molecule has 0 N–H and O–H groups in total. The maximum absolute atomic E-state index is 12.0. The van der Waals surface area contributed by atoms with Gasteiger partial charge in [-0.1, -0.05) is 0 Å². The van der Waals surface area contributed by atoms with Crippen LogP contribution in [0.3, 0.4) is 0 Å². The zero-order valence-corrected chi connectivity index (χ0v) is 8.40. The van der Waals surface area contributed by atoms with E-state index in [0.29, 0.717) is 0 Å². The fraction of sp³-hybridized carbons (Fsp3) is 1.00. The van der Waals surface area contributed by atoms with E-state index in [0.717, 1.165) is 9.80 Å². The van der Waals surface area contributed by atoms with Crippen molar-refractivity contribution in [2.24, 2.45) is 0 Å². The van der Waals surface area contributed by atoms with Crippen molar-refractivity contribution in [1.29, 1.82) is 0 Å². The molecule has 1 aliphatic rings. The predicted molar refractivity (Wildman–Crippen MR) is 45.0 cm³/mol. The molecule has 8 heteroatoms. The van der Waals surface area contributed by atoms with Gasteiger partial charge in [0.1, 0.15) is 0 Å². The summed E-state index contributed by atoms with van der Waals surface area (Å²) in [6, 6.07) is 0. The van der Waals surface area contributed by atoms with Gasteiger partial charge in [-0.2, -0.15) is 26.3 Å². The molecule has 0 aromatic rings. The molecule has 0 bridgehead atoms. The number of alkyl halides is 6. The van der Waals surface area contributed by atoms with E-state index in [2.05, 4.69) is 0 Å². The fourth-order valence-electron chi connectivity index (χ4n) is 1.61. The van der Waals surface area contributed by atoms with Crippen molar-refractivity contribution in [2.45, 2.75) is 12.4 Å². The van der Waals surface area contributed by atoms with Gasteiger partial charge < -0.3 is 0 Å². The van der Waals surface area contributed by atoms with Gasteiger partial charge in [0.05, 0.1) is 13.1 Å². The Hall–Kier alpha value is -0.500. The van der Waals surface area contributed by atoms with Crippen LogP contribution in [0, 0.1) is 0 Å². The zero-order valence-electron chi connectivity index (χ0n) is 8.40. The van der Waals surface area contributed by atoms with Gasteiger partial charge in [-0.25, -0.2) is 0 Å². The SMILES string of the molecule is FC(F)(F)CN1CCN(CC(F)(F)F)CC1. The molecule has 0 saturated carbocycles. The van der Waals surface area contributed by atoms with E-state index in [1.165, 1.54) is 0 Å². The molecular weight excluding hydrogens is 238 g/mol. The molecular formula is C8H12F6N2. The van der Waals surface area contributed by atoms with E-state index >= 15 is 0 Å². The molecule has 0 atom stereocenters. The lowest BCUT2D eigenvalue weighted by molar-refractivity contribution is -0.162. The van der Waals surface area contributed by atoms with E-state index < -0.39 is 25.4 Å². The molecule has 0 unspecified atom stereocenters. The topological polar surface area (TPSA) is 6.48 Å². The molecule has 96 valence electrons. The second-order valence-corrected chi connectivity index (χ2v) is 3.78. The molecule has 1 heterocycles. The average molecular weight is 250 g/mol. The first-order valence-corrected chi connectivity index (χ1v) is 4.74. The summed E-state index contributed by atoms with van der Waals surface area (Å²) in [6.07, 6.45) is -8.57. The summed E-state index contributed by atoms with van der Waals surface area (Å²) in [7, 11) is 0. The van der Waals surface area contributed by atoms with Crippen LogP contribution in [0.2, 0.25) is 0 Å². The summed E-state index contributed by atoms with van der Waals surface area (Å²) < 4.78 is 71.8. The lowest BCUT2D eigenvalue weighted by Gasteiger charge is -2.35. The number of hydrogen-bond acceptors (Lipinski definition) is 2. The van der Waals surface area contributed by atoms with E-state index in [1.807, 2.05) is 0 Å². The van der Waals surface area contributed by atoms with Crippen molar-refractivity contribution in [1.82, 2.24) is 9.80 Å². The molecule has 1 rings (SSSR count). The molecule has 1 saturated heterocycles. The quantitative estimate of drug-likeness (QED) is 0.689. The smallest absolute Gasteiger partial charge is 0.292 e. The number of halogens is 6. The third kappa shape index (κ3) is 5.55. The molecule has 0 aromatic heterocycles. The van der Waals surface area contributed by atoms with E-state index in [-0.39, 0.29) is 26.2 Å². The first-order chi connectivity index (χ1) is 7.16. The summed E-state index contributed by atoms with van der Waals surface area (Å²) in [4.78, 5) is 2.24. The molecule has 2 nitrogen and oxygen atoms in total. The Labute approximate surface area is 88.8 Å². The largest absolute Gasteiger partial charge is 0.401 e. The van der Waals surface area contributed by atoms with Gasteiger partial charge in [0.25, 0.3) is 0 Å². The number of rotatable bonds is 2. The molecule has 0 radical (unpaired) electrons. The predicted octanol–water partition coefficient (Wildman–Crippen LogP) is 1.73. The fourth-order valence-corrected chi connectivity index (χ4v) is 1.61. The molecule has 1 fully saturated rings. The lowest BCUT2D eigenvalue weighted by atomic mass is 10.3. The van der Waals surface area contributed by atoms with Crippen LogP contribution in [0.1, 0.15) is 0 Å². The summed E-state index contributed by atoms with van der Waals surface area (Å²) in [5.41, 5.74) is 0. The van der Waals surface area contributed by atoms with Crippen molar-refractivity contribution in [3.8, 4) is 0 Å². The highest BCUT2D eigenvalue weighted by molar-refractivity contribution is 4.75. The van der Waals surface area contributed by atoms with Gasteiger partial charge in [0.15, 0.2) is 0 Å². The van der Waals surface area contributed by atoms with Crippen LogP contribution in [0.25, 0.3) is 0 Å². The Morgan fingerprint density at radius 1 is 0.625 bits per heavy atom. The first kappa shape index (κ1) is 13.6. The van der Waals surface area contributed by atoms with Gasteiger partial charge in [-0.15, -0.1) is 0 Å². The molecule has 1 aliphatic heterocycles.